The number of rotatable bonds is 4. The summed E-state index contributed by atoms with van der Waals surface area (Å²) in [6.07, 6.45) is 0. The van der Waals surface area contributed by atoms with E-state index in [9.17, 15) is 19.7 Å². The number of hydrogen-bond donors (Lipinski definition) is 2. The molecule has 0 fully saturated rings. The van der Waals surface area contributed by atoms with Crippen molar-refractivity contribution >= 4 is 44.8 Å². The number of methoxy groups -OCH3 is 1. The number of amides is 2. The number of carbonyl (C=O) groups excluding carboxylic acids is 2. The van der Waals surface area contributed by atoms with Crippen molar-refractivity contribution < 1.29 is 19.2 Å². The summed E-state index contributed by atoms with van der Waals surface area (Å²) < 4.78 is 5.89. The second-order valence-electron chi connectivity index (χ2n) is 5.01. The molecule has 0 aromatic heterocycles. The van der Waals surface area contributed by atoms with Gasteiger partial charge in [0.25, 0.3) is 5.69 Å². The average Bonchev–Trinajstić information content (AvgIpc) is 2.58. The molecule has 25 heavy (non-hydrogen) atoms. The molecule has 0 saturated heterocycles. The fourth-order valence-corrected chi connectivity index (χ4v) is 2.23. The zero-order chi connectivity index (χ0) is 18.6. The third-order valence-corrected chi connectivity index (χ3v) is 4.16. The Balaban J connectivity index is 2.11. The summed E-state index contributed by atoms with van der Waals surface area (Å²) in [5, 5.41) is 15.6. The van der Waals surface area contributed by atoms with Crippen molar-refractivity contribution in [3.05, 3.63) is 56.5 Å². The van der Waals surface area contributed by atoms with Crippen molar-refractivity contribution in [3.8, 4) is 5.75 Å². The number of hydrogen-bond acceptors (Lipinski definition) is 5. The van der Waals surface area contributed by atoms with Gasteiger partial charge in [0.1, 0.15) is 5.75 Å². The second kappa shape index (κ2) is 7.75. The Kier molecular flexibility index (Phi) is 5.71. The predicted molar refractivity (Wildman–Crippen MR) is 95.8 cm³/mol. The van der Waals surface area contributed by atoms with Gasteiger partial charge in [-0.25, -0.2) is 0 Å². The molecule has 2 aromatic rings. The topological polar surface area (TPSA) is 111 Å². The summed E-state index contributed by atoms with van der Waals surface area (Å²) >= 11 is 3.35. The molecule has 2 aromatic carbocycles. The maximum absolute atomic E-state index is 12.0. The van der Waals surface area contributed by atoms with Gasteiger partial charge in [-0.2, -0.15) is 0 Å². The first kappa shape index (κ1) is 18.4. The van der Waals surface area contributed by atoms with Crippen LogP contribution >= 0.6 is 15.9 Å². The molecular weight excluding hydrogens is 394 g/mol. The van der Waals surface area contributed by atoms with Crippen molar-refractivity contribution in [2.75, 3.05) is 17.7 Å². The van der Waals surface area contributed by atoms with Crippen LogP contribution in [0.25, 0.3) is 0 Å². The summed E-state index contributed by atoms with van der Waals surface area (Å²) in [4.78, 5) is 34.2. The van der Waals surface area contributed by atoms with Gasteiger partial charge in [-0.3, -0.25) is 19.7 Å². The SMILES string of the molecule is COc1cc([N+](=O)[O-])ccc1NC(=O)C(=O)Nc1ccc(Br)c(C)c1. The van der Waals surface area contributed by atoms with Crippen LogP contribution < -0.4 is 15.4 Å². The van der Waals surface area contributed by atoms with E-state index in [1.54, 1.807) is 18.2 Å². The van der Waals surface area contributed by atoms with Gasteiger partial charge >= 0.3 is 11.8 Å². The maximum Gasteiger partial charge on any atom is 0.314 e. The van der Waals surface area contributed by atoms with Gasteiger partial charge in [0.2, 0.25) is 0 Å². The molecule has 0 heterocycles. The molecule has 0 aliphatic heterocycles. The Labute approximate surface area is 151 Å². The third kappa shape index (κ3) is 4.54. The quantitative estimate of drug-likeness (QED) is 0.459. The third-order valence-electron chi connectivity index (χ3n) is 3.27. The van der Waals surface area contributed by atoms with Crippen molar-refractivity contribution in [1.82, 2.24) is 0 Å². The molecule has 0 unspecified atom stereocenters. The fraction of sp³-hybridized carbons (Fsp3) is 0.125. The van der Waals surface area contributed by atoms with E-state index in [2.05, 4.69) is 26.6 Å². The fourth-order valence-electron chi connectivity index (χ4n) is 1.99. The summed E-state index contributed by atoms with van der Waals surface area (Å²) in [5.74, 6) is -1.72. The molecular formula is C16H14BrN3O5. The lowest BCUT2D eigenvalue weighted by molar-refractivity contribution is -0.384. The van der Waals surface area contributed by atoms with Gasteiger partial charge in [-0.15, -0.1) is 0 Å². The molecule has 0 aliphatic carbocycles. The highest BCUT2D eigenvalue weighted by molar-refractivity contribution is 9.10. The normalized spacial score (nSPS) is 10.0. The number of aryl methyl sites for hydroxylation is 1. The van der Waals surface area contributed by atoms with Gasteiger partial charge in [0.05, 0.1) is 23.8 Å². The lowest BCUT2D eigenvalue weighted by Gasteiger charge is -2.10. The van der Waals surface area contributed by atoms with E-state index < -0.39 is 16.7 Å². The molecule has 0 radical (unpaired) electrons. The summed E-state index contributed by atoms with van der Waals surface area (Å²) in [6, 6.07) is 8.77. The van der Waals surface area contributed by atoms with Crippen LogP contribution in [0.4, 0.5) is 17.1 Å². The van der Waals surface area contributed by atoms with Crippen LogP contribution in [-0.4, -0.2) is 23.8 Å². The first-order valence-corrected chi connectivity index (χ1v) is 7.82. The minimum Gasteiger partial charge on any atom is -0.494 e. The summed E-state index contributed by atoms with van der Waals surface area (Å²) in [5.41, 5.74) is 1.33. The summed E-state index contributed by atoms with van der Waals surface area (Å²) in [6.45, 7) is 1.85. The van der Waals surface area contributed by atoms with Crippen molar-refractivity contribution in [3.63, 3.8) is 0 Å². The Morgan fingerprint density at radius 3 is 2.40 bits per heavy atom. The second-order valence-corrected chi connectivity index (χ2v) is 5.87. The summed E-state index contributed by atoms with van der Waals surface area (Å²) in [7, 11) is 1.30. The van der Waals surface area contributed by atoms with Crippen LogP contribution in [0.15, 0.2) is 40.9 Å². The Bertz CT molecular complexity index is 854. The molecule has 0 atom stereocenters. The number of nitrogens with one attached hydrogen (secondary N) is 2. The zero-order valence-corrected chi connectivity index (χ0v) is 14.9. The van der Waals surface area contributed by atoms with Crippen LogP contribution in [0.2, 0.25) is 0 Å². The monoisotopic (exact) mass is 407 g/mol. The number of nitro benzene ring substituents is 1. The zero-order valence-electron chi connectivity index (χ0n) is 13.3. The molecule has 2 amide bonds. The molecule has 0 spiro atoms. The van der Waals surface area contributed by atoms with Gasteiger partial charge in [0.15, 0.2) is 0 Å². The number of nitrogens with zero attached hydrogens (tertiary/aromatic N) is 1. The van der Waals surface area contributed by atoms with Gasteiger partial charge < -0.3 is 15.4 Å². The van der Waals surface area contributed by atoms with Crippen molar-refractivity contribution in [2.45, 2.75) is 6.92 Å². The van der Waals surface area contributed by atoms with E-state index >= 15 is 0 Å². The lowest BCUT2D eigenvalue weighted by Crippen LogP contribution is -2.29. The van der Waals surface area contributed by atoms with Crippen molar-refractivity contribution in [1.29, 1.82) is 0 Å². The maximum atomic E-state index is 12.0. The highest BCUT2D eigenvalue weighted by Crippen LogP contribution is 2.29. The van der Waals surface area contributed by atoms with E-state index in [0.717, 1.165) is 16.1 Å². The van der Waals surface area contributed by atoms with E-state index in [1.165, 1.54) is 19.2 Å². The van der Waals surface area contributed by atoms with Gasteiger partial charge in [-0.1, -0.05) is 15.9 Å². The lowest BCUT2D eigenvalue weighted by atomic mass is 10.2. The van der Waals surface area contributed by atoms with E-state index in [1.807, 2.05) is 6.92 Å². The minimum atomic E-state index is -0.923. The molecule has 0 bridgehead atoms. The molecule has 0 saturated carbocycles. The Hall–Kier alpha value is -2.94. The Morgan fingerprint density at radius 1 is 1.12 bits per heavy atom. The number of halogens is 1. The predicted octanol–water partition coefficient (Wildman–Crippen LogP) is 3.25. The van der Waals surface area contributed by atoms with Crippen LogP contribution in [0.1, 0.15) is 5.56 Å². The highest BCUT2D eigenvalue weighted by Gasteiger charge is 2.18. The first-order valence-electron chi connectivity index (χ1n) is 7.02. The molecule has 130 valence electrons. The number of ether oxygens (including phenoxy) is 1. The van der Waals surface area contributed by atoms with Gasteiger partial charge in [0, 0.05) is 16.2 Å². The van der Waals surface area contributed by atoms with E-state index in [4.69, 9.17) is 4.74 Å². The molecule has 0 aliphatic rings. The number of non-ortho nitro benzene ring substituents is 1. The van der Waals surface area contributed by atoms with Gasteiger partial charge in [-0.05, 0) is 36.8 Å². The first-order chi connectivity index (χ1) is 11.8. The smallest absolute Gasteiger partial charge is 0.314 e. The largest absolute Gasteiger partial charge is 0.494 e. The number of anilines is 2. The van der Waals surface area contributed by atoms with Crippen LogP contribution in [0, 0.1) is 17.0 Å². The molecule has 2 rings (SSSR count). The average molecular weight is 408 g/mol. The van der Waals surface area contributed by atoms with Crippen LogP contribution in [-0.2, 0) is 9.59 Å². The molecule has 8 nitrogen and oxygen atoms in total. The standard InChI is InChI=1S/C16H14BrN3O5/c1-9-7-10(3-5-12(9)17)18-15(21)16(22)19-13-6-4-11(20(23)24)8-14(13)25-2/h3-8H,1-2H3,(H,18,21)(H,19,22). The number of carbonyl (C=O) groups is 2. The number of nitro groups is 1. The van der Waals surface area contributed by atoms with Crippen LogP contribution in [0.5, 0.6) is 5.75 Å². The van der Waals surface area contributed by atoms with E-state index in [0.29, 0.717) is 5.69 Å². The highest BCUT2D eigenvalue weighted by atomic mass is 79.9. The van der Waals surface area contributed by atoms with Crippen LogP contribution in [0.3, 0.4) is 0 Å². The minimum absolute atomic E-state index is 0.0786. The van der Waals surface area contributed by atoms with E-state index in [-0.39, 0.29) is 17.1 Å². The number of benzene rings is 2. The van der Waals surface area contributed by atoms with Crippen molar-refractivity contribution in [2.24, 2.45) is 0 Å². The molecule has 9 heteroatoms. The Morgan fingerprint density at radius 2 is 1.80 bits per heavy atom. The molecule has 2 N–H and O–H groups in total.